The van der Waals surface area contributed by atoms with Crippen molar-refractivity contribution in [3.8, 4) is 0 Å². The zero-order valence-corrected chi connectivity index (χ0v) is 15.2. The van der Waals surface area contributed by atoms with E-state index in [4.69, 9.17) is 0 Å². The van der Waals surface area contributed by atoms with Crippen molar-refractivity contribution < 1.29 is 13.2 Å². The van der Waals surface area contributed by atoms with Gasteiger partial charge in [-0.05, 0) is 38.6 Å². The standard InChI is InChI=1S/C16H26N4O3S/c1-12-4-3-6-19(9-12)10-16(21)17-15-8-13(2)18-20(15)14-5-7-24(22,23)11-14/h8,12,14H,3-7,9-11H2,1-2H3,(H,17,21)/t12-,14-/m1/s1. The predicted molar refractivity (Wildman–Crippen MR) is 92.7 cm³/mol. The van der Waals surface area contributed by atoms with Crippen LogP contribution in [0.5, 0.6) is 0 Å². The molecule has 2 aliphatic heterocycles. The molecular formula is C16H26N4O3S. The minimum absolute atomic E-state index is 0.0638. The Kier molecular flexibility index (Phi) is 4.96. The van der Waals surface area contributed by atoms with Crippen molar-refractivity contribution in [1.82, 2.24) is 14.7 Å². The average Bonchev–Trinajstić information content (AvgIpc) is 3.01. The topological polar surface area (TPSA) is 84.3 Å². The highest BCUT2D eigenvalue weighted by Crippen LogP contribution is 2.27. The second kappa shape index (κ2) is 6.84. The molecule has 1 aromatic rings. The summed E-state index contributed by atoms with van der Waals surface area (Å²) < 4.78 is 25.1. The van der Waals surface area contributed by atoms with Crippen LogP contribution in [0.25, 0.3) is 0 Å². The minimum atomic E-state index is -2.99. The minimum Gasteiger partial charge on any atom is -0.310 e. The van der Waals surface area contributed by atoms with Crippen molar-refractivity contribution in [2.45, 2.75) is 39.2 Å². The van der Waals surface area contributed by atoms with Gasteiger partial charge in [0.2, 0.25) is 5.91 Å². The molecule has 0 radical (unpaired) electrons. The lowest BCUT2D eigenvalue weighted by molar-refractivity contribution is -0.117. The first-order valence-electron chi connectivity index (χ1n) is 8.61. The van der Waals surface area contributed by atoms with Crippen LogP contribution in [-0.2, 0) is 14.6 Å². The van der Waals surface area contributed by atoms with Gasteiger partial charge >= 0.3 is 0 Å². The number of aromatic nitrogens is 2. The third kappa shape index (κ3) is 4.16. The molecule has 0 spiro atoms. The number of piperidine rings is 1. The zero-order chi connectivity index (χ0) is 17.3. The molecule has 3 heterocycles. The SMILES string of the molecule is Cc1cc(NC(=O)CN2CCC[C@@H](C)C2)n([C@@H]2CCS(=O)(=O)C2)n1. The number of anilines is 1. The van der Waals surface area contributed by atoms with Crippen molar-refractivity contribution >= 4 is 21.6 Å². The Balaban J connectivity index is 1.65. The first-order chi connectivity index (χ1) is 11.3. The molecule has 0 bridgehead atoms. The van der Waals surface area contributed by atoms with Gasteiger partial charge in [0.05, 0.1) is 29.8 Å². The highest BCUT2D eigenvalue weighted by atomic mass is 32.2. The molecule has 0 aromatic carbocycles. The summed E-state index contributed by atoms with van der Waals surface area (Å²) in [6.07, 6.45) is 2.90. The van der Waals surface area contributed by atoms with Crippen molar-refractivity contribution in [2.24, 2.45) is 5.92 Å². The first kappa shape index (κ1) is 17.4. The summed E-state index contributed by atoms with van der Waals surface area (Å²) in [4.78, 5) is 14.6. The van der Waals surface area contributed by atoms with Gasteiger partial charge in [0, 0.05) is 12.6 Å². The van der Waals surface area contributed by atoms with Gasteiger partial charge in [0.1, 0.15) is 5.82 Å². The van der Waals surface area contributed by atoms with Gasteiger partial charge in [-0.1, -0.05) is 6.92 Å². The highest BCUT2D eigenvalue weighted by molar-refractivity contribution is 7.91. The smallest absolute Gasteiger partial charge is 0.239 e. The van der Waals surface area contributed by atoms with Gasteiger partial charge < -0.3 is 5.32 Å². The van der Waals surface area contributed by atoms with E-state index in [1.165, 1.54) is 6.42 Å². The van der Waals surface area contributed by atoms with E-state index in [0.717, 1.165) is 25.2 Å². The Morgan fingerprint density at radius 2 is 2.21 bits per heavy atom. The van der Waals surface area contributed by atoms with Crippen LogP contribution >= 0.6 is 0 Å². The summed E-state index contributed by atoms with van der Waals surface area (Å²) in [5.74, 6) is 1.45. The summed E-state index contributed by atoms with van der Waals surface area (Å²) in [5.41, 5.74) is 0.779. The molecule has 3 rings (SSSR count). The van der Waals surface area contributed by atoms with E-state index in [2.05, 4.69) is 22.2 Å². The molecule has 2 atom stereocenters. The van der Waals surface area contributed by atoms with E-state index in [1.54, 1.807) is 4.68 Å². The number of hydrogen-bond acceptors (Lipinski definition) is 5. The Labute approximate surface area is 143 Å². The Hall–Kier alpha value is -1.41. The average molecular weight is 354 g/mol. The molecule has 24 heavy (non-hydrogen) atoms. The summed E-state index contributed by atoms with van der Waals surface area (Å²) in [6, 6.07) is 1.62. The lowest BCUT2D eigenvalue weighted by Crippen LogP contribution is -2.40. The van der Waals surface area contributed by atoms with Crippen LogP contribution in [0.1, 0.15) is 37.9 Å². The monoisotopic (exact) mass is 354 g/mol. The summed E-state index contributed by atoms with van der Waals surface area (Å²) >= 11 is 0. The molecule has 7 nitrogen and oxygen atoms in total. The number of rotatable bonds is 4. The van der Waals surface area contributed by atoms with Crippen molar-refractivity contribution in [2.75, 3.05) is 36.5 Å². The molecule has 0 aliphatic carbocycles. The van der Waals surface area contributed by atoms with Gasteiger partial charge in [0.15, 0.2) is 9.84 Å². The van der Waals surface area contributed by atoms with Gasteiger partial charge in [-0.2, -0.15) is 5.10 Å². The van der Waals surface area contributed by atoms with Crippen LogP contribution in [0, 0.1) is 12.8 Å². The largest absolute Gasteiger partial charge is 0.310 e. The second-order valence-corrected chi connectivity index (χ2v) is 9.43. The van der Waals surface area contributed by atoms with E-state index in [1.807, 2.05) is 13.0 Å². The highest BCUT2D eigenvalue weighted by Gasteiger charge is 2.31. The van der Waals surface area contributed by atoms with Gasteiger partial charge in [-0.15, -0.1) is 0 Å². The molecule has 8 heteroatoms. The maximum Gasteiger partial charge on any atom is 0.239 e. The third-order valence-electron chi connectivity index (χ3n) is 4.79. The zero-order valence-electron chi connectivity index (χ0n) is 14.4. The Morgan fingerprint density at radius 3 is 2.88 bits per heavy atom. The molecule has 1 amide bonds. The van der Waals surface area contributed by atoms with E-state index in [9.17, 15) is 13.2 Å². The molecule has 134 valence electrons. The van der Waals surface area contributed by atoms with E-state index >= 15 is 0 Å². The number of nitrogens with zero attached hydrogens (tertiary/aromatic N) is 3. The Morgan fingerprint density at radius 1 is 1.42 bits per heavy atom. The maximum absolute atomic E-state index is 12.4. The fourth-order valence-corrected chi connectivity index (χ4v) is 5.36. The fourth-order valence-electron chi connectivity index (χ4n) is 3.67. The molecule has 2 aliphatic rings. The molecule has 2 fully saturated rings. The lowest BCUT2D eigenvalue weighted by Gasteiger charge is -2.30. The van der Waals surface area contributed by atoms with Crippen LogP contribution in [0.2, 0.25) is 0 Å². The maximum atomic E-state index is 12.4. The van der Waals surface area contributed by atoms with E-state index < -0.39 is 9.84 Å². The van der Waals surface area contributed by atoms with Gasteiger partial charge in [0.25, 0.3) is 0 Å². The van der Waals surface area contributed by atoms with Crippen molar-refractivity contribution in [1.29, 1.82) is 0 Å². The molecule has 1 N–H and O–H groups in total. The van der Waals surface area contributed by atoms with Crippen LogP contribution in [-0.4, -0.2) is 60.1 Å². The molecule has 0 saturated carbocycles. The number of amides is 1. The van der Waals surface area contributed by atoms with Crippen LogP contribution in [0.3, 0.4) is 0 Å². The predicted octanol–water partition coefficient (Wildman–Crippen LogP) is 1.22. The third-order valence-corrected chi connectivity index (χ3v) is 6.54. The Bertz CT molecular complexity index is 713. The van der Waals surface area contributed by atoms with Crippen LogP contribution in [0.15, 0.2) is 6.07 Å². The number of carbonyl (C=O) groups excluding carboxylic acids is 1. The summed E-state index contributed by atoms with van der Waals surface area (Å²) in [7, 11) is -2.99. The first-order valence-corrected chi connectivity index (χ1v) is 10.4. The number of nitrogens with one attached hydrogen (secondary N) is 1. The van der Waals surface area contributed by atoms with Gasteiger partial charge in [-0.25, -0.2) is 13.1 Å². The summed E-state index contributed by atoms with van der Waals surface area (Å²) in [5, 5.41) is 7.32. The number of sulfone groups is 1. The molecule has 1 aromatic heterocycles. The number of hydrogen-bond donors (Lipinski definition) is 1. The van der Waals surface area contributed by atoms with Crippen LogP contribution < -0.4 is 5.32 Å². The van der Waals surface area contributed by atoms with Crippen molar-refractivity contribution in [3.05, 3.63) is 11.8 Å². The second-order valence-electron chi connectivity index (χ2n) is 7.20. The van der Waals surface area contributed by atoms with Crippen molar-refractivity contribution in [3.63, 3.8) is 0 Å². The normalized spacial score (nSPS) is 27.2. The quantitative estimate of drug-likeness (QED) is 0.879. The number of aryl methyl sites for hydroxylation is 1. The van der Waals surface area contributed by atoms with E-state index in [0.29, 0.717) is 24.7 Å². The number of likely N-dealkylation sites (tertiary alicyclic amines) is 1. The lowest BCUT2D eigenvalue weighted by atomic mass is 10.0. The number of carbonyl (C=O) groups is 1. The van der Waals surface area contributed by atoms with Crippen LogP contribution in [0.4, 0.5) is 5.82 Å². The molecule has 0 unspecified atom stereocenters. The van der Waals surface area contributed by atoms with E-state index in [-0.39, 0.29) is 23.5 Å². The molecule has 2 saturated heterocycles. The van der Waals surface area contributed by atoms with Gasteiger partial charge in [-0.3, -0.25) is 9.69 Å². The summed E-state index contributed by atoms with van der Waals surface area (Å²) in [6.45, 7) is 6.34. The fraction of sp³-hybridized carbons (Fsp3) is 0.750. The molecular weight excluding hydrogens is 328 g/mol.